The van der Waals surface area contributed by atoms with Gasteiger partial charge in [0.05, 0.1) is 22.3 Å². The molecule has 0 unspecified atom stereocenters. The number of carbonyl (C=O) groups excluding carboxylic acids is 2. The van der Waals surface area contributed by atoms with E-state index in [2.05, 4.69) is 20.8 Å². The molecule has 0 aliphatic heterocycles. The SMILES string of the molecule is Cc1ccc(C(=O)NCCNC(=O)c2cc(-c3ccccc3)nc3onc(C)c23)cc1F. The van der Waals surface area contributed by atoms with E-state index in [0.717, 1.165) is 5.56 Å². The van der Waals surface area contributed by atoms with Crippen LogP contribution in [0.1, 0.15) is 32.0 Å². The molecule has 2 heterocycles. The summed E-state index contributed by atoms with van der Waals surface area (Å²) in [6, 6.07) is 15.4. The third-order valence-corrected chi connectivity index (χ3v) is 5.06. The maximum atomic E-state index is 13.7. The zero-order chi connectivity index (χ0) is 22.7. The van der Waals surface area contributed by atoms with Crippen LogP contribution in [0, 0.1) is 19.7 Å². The molecule has 2 aromatic carbocycles. The lowest BCUT2D eigenvalue weighted by Crippen LogP contribution is -2.34. The molecule has 0 bridgehead atoms. The summed E-state index contributed by atoms with van der Waals surface area (Å²) in [7, 11) is 0. The molecule has 0 aliphatic rings. The fraction of sp³-hybridized carbons (Fsp3) is 0.167. The van der Waals surface area contributed by atoms with Gasteiger partial charge in [-0.2, -0.15) is 0 Å². The summed E-state index contributed by atoms with van der Waals surface area (Å²) in [6.07, 6.45) is 0. The molecule has 0 saturated heterocycles. The van der Waals surface area contributed by atoms with Crippen molar-refractivity contribution in [3.05, 3.63) is 82.8 Å². The van der Waals surface area contributed by atoms with Crippen LogP contribution in [0.3, 0.4) is 0 Å². The van der Waals surface area contributed by atoms with Gasteiger partial charge >= 0.3 is 0 Å². The second-order valence-electron chi connectivity index (χ2n) is 7.34. The molecule has 32 heavy (non-hydrogen) atoms. The Morgan fingerprint density at radius 1 is 0.969 bits per heavy atom. The van der Waals surface area contributed by atoms with Gasteiger partial charge in [0.25, 0.3) is 17.5 Å². The van der Waals surface area contributed by atoms with E-state index in [4.69, 9.17) is 4.52 Å². The van der Waals surface area contributed by atoms with Gasteiger partial charge in [-0.1, -0.05) is 41.6 Å². The van der Waals surface area contributed by atoms with Gasteiger partial charge in [-0.15, -0.1) is 0 Å². The van der Waals surface area contributed by atoms with Crippen LogP contribution in [0.15, 0.2) is 59.1 Å². The van der Waals surface area contributed by atoms with Gasteiger partial charge in [0.2, 0.25) is 0 Å². The van der Waals surface area contributed by atoms with Gasteiger partial charge in [-0.05, 0) is 37.6 Å². The summed E-state index contributed by atoms with van der Waals surface area (Å²) >= 11 is 0. The molecular formula is C24H21FN4O3. The van der Waals surface area contributed by atoms with E-state index in [9.17, 15) is 14.0 Å². The number of nitrogens with one attached hydrogen (secondary N) is 2. The highest BCUT2D eigenvalue weighted by Gasteiger charge is 2.19. The summed E-state index contributed by atoms with van der Waals surface area (Å²) < 4.78 is 19.0. The first-order chi connectivity index (χ1) is 15.4. The lowest BCUT2D eigenvalue weighted by Gasteiger charge is -2.09. The minimum Gasteiger partial charge on any atom is -0.350 e. The molecule has 8 heteroatoms. The molecule has 162 valence electrons. The van der Waals surface area contributed by atoms with Crippen LogP contribution in [0.4, 0.5) is 4.39 Å². The molecule has 2 amide bonds. The van der Waals surface area contributed by atoms with E-state index in [-0.39, 0.29) is 30.3 Å². The van der Waals surface area contributed by atoms with Crippen LogP contribution in [0.25, 0.3) is 22.4 Å². The van der Waals surface area contributed by atoms with Crippen molar-refractivity contribution < 1.29 is 18.5 Å². The standard InChI is InChI=1S/C24H21FN4O3/c1-14-8-9-17(12-19(14)25)22(30)26-10-11-27-23(31)18-13-20(16-6-4-3-5-7-16)28-24-21(18)15(2)29-32-24/h3-9,12-13H,10-11H2,1-2H3,(H,26,30)(H,27,31). The maximum absolute atomic E-state index is 13.7. The monoisotopic (exact) mass is 432 g/mol. The molecular weight excluding hydrogens is 411 g/mol. The molecule has 4 aromatic rings. The first kappa shape index (κ1) is 21.2. The Hall–Kier alpha value is -4.07. The fourth-order valence-electron chi connectivity index (χ4n) is 3.31. The number of aromatic nitrogens is 2. The van der Waals surface area contributed by atoms with E-state index < -0.39 is 11.7 Å². The number of hydrogen-bond donors (Lipinski definition) is 2. The Labute approximate surface area is 183 Å². The summed E-state index contributed by atoms with van der Waals surface area (Å²) in [4.78, 5) is 29.6. The summed E-state index contributed by atoms with van der Waals surface area (Å²) in [5.74, 6) is -1.19. The molecule has 0 atom stereocenters. The van der Waals surface area contributed by atoms with Crippen LogP contribution in [-0.4, -0.2) is 35.0 Å². The Balaban J connectivity index is 1.46. The lowest BCUT2D eigenvalue weighted by molar-refractivity contribution is 0.0928. The zero-order valence-electron chi connectivity index (χ0n) is 17.6. The van der Waals surface area contributed by atoms with Gasteiger partial charge in [0, 0.05) is 24.2 Å². The second kappa shape index (κ2) is 8.97. The Morgan fingerprint density at radius 2 is 1.69 bits per heavy atom. The van der Waals surface area contributed by atoms with E-state index in [1.165, 1.54) is 6.07 Å². The highest BCUT2D eigenvalue weighted by molar-refractivity contribution is 6.07. The van der Waals surface area contributed by atoms with Gasteiger partial charge in [-0.3, -0.25) is 9.59 Å². The van der Waals surface area contributed by atoms with Crippen LogP contribution in [0.2, 0.25) is 0 Å². The number of aryl methyl sites for hydroxylation is 2. The number of benzene rings is 2. The van der Waals surface area contributed by atoms with Crippen molar-refractivity contribution in [2.45, 2.75) is 13.8 Å². The predicted octanol–water partition coefficient (Wildman–Crippen LogP) is 3.81. The number of carbonyl (C=O) groups is 2. The Kier molecular flexibility index (Phi) is 5.93. The summed E-state index contributed by atoms with van der Waals surface area (Å²) in [5, 5.41) is 9.94. The zero-order valence-corrected chi connectivity index (χ0v) is 17.6. The van der Waals surface area contributed by atoms with E-state index >= 15 is 0 Å². The van der Waals surface area contributed by atoms with Crippen molar-refractivity contribution in [3.8, 4) is 11.3 Å². The smallest absolute Gasteiger partial charge is 0.259 e. The van der Waals surface area contributed by atoms with Crippen LogP contribution in [-0.2, 0) is 0 Å². The Morgan fingerprint density at radius 3 is 2.41 bits per heavy atom. The molecule has 2 aromatic heterocycles. The number of pyridine rings is 1. The van der Waals surface area contributed by atoms with Crippen LogP contribution in [0.5, 0.6) is 0 Å². The summed E-state index contributed by atoms with van der Waals surface area (Å²) in [5.41, 5.74) is 3.36. The van der Waals surface area contributed by atoms with E-state index in [0.29, 0.717) is 27.9 Å². The number of hydrogen-bond acceptors (Lipinski definition) is 5. The first-order valence-electron chi connectivity index (χ1n) is 10.1. The third-order valence-electron chi connectivity index (χ3n) is 5.06. The van der Waals surface area contributed by atoms with Crippen molar-refractivity contribution in [3.63, 3.8) is 0 Å². The molecule has 2 N–H and O–H groups in total. The average molecular weight is 432 g/mol. The van der Waals surface area contributed by atoms with Gasteiger partial charge in [-0.25, -0.2) is 9.37 Å². The van der Waals surface area contributed by atoms with Gasteiger partial charge < -0.3 is 15.2 Å². The predicted molar refractivity (Wildman–Crippen MR) is 118 cm³/mol. The lowest BCUT2D eigenvalue weighted by atomic mass is 10.1. The summed E-state index contributed by atoms with van der Waals surface area (Å²) in [6.45, 7) is 3.74. The minimum absolute atomic E-state index is 0.183. The van der Waals surface area contributed by atoms with Crippen molar-refractivity contribution in [2.75, 3.05) is 13.1 Å². The van der Waals surface area contributed by atoms with Crippen LogP contribution >= 0.6 is 0 Å². The molecule has 0 fully saturated rings. The number of halogens is 1. The molecule has 0 radical (unpaired) electrons. The van der Waals surface area contributed by atoms with Crippen molar-refractivity contribution in [1.82, 2.24) is 20.8 Å². The molecule has 0 aliphatic carbocycles. The van der Waals surface area contributed by atoms with Crippen molar-refractivity contribution >= 4 is 22.9 Å². The topological polar surface area (TPSA) is 97.1 Å². The molecule has 4 rings (SSSR count). The minimum atomic E-state index is -0.439. The molecule has 7 nitrogen and oxygen atoms in total. The number of rotatable bonds is 6. The Bertz CT molecular complexity index is 1300. The largest absolute Gasteiger partial charge is 0.350 e. The van der Waals surface area contributed by atoms with Crippen molar-refractivity contribution in [1.29, 1.82) is 0 Å². The maximum Gasteiger partial charge on any atom is 0.259 e. The number of nitrogens with zero attached hydrogens (tertiary/aromatic N) is 2. The molecule has 0 saturated carbocycles. The highest BCUT2D eigenvalue weighted by Crippen LogP contribution is 2.26. The third kappa shape index (κ3) is 4.34. The highest BCUT2D eigenvalue weighted by atomic mass is 19.1. The van der Waals surface area contributed by atoms with Crippen LogP contribution < -0.4 is 10.6 Å². The van der Waals surface area contributed by atoms with Gasteiger partial charge in [0.15, 0.2) is 0 Å². The fourth-order valence-corrected chi connectivity index (χ4v) is 3.31. The van der Waals surface area contributed by atoms with Gasteiger partial charge in [0.1, 0.15) is 5.82 Å². The second-order valence-corrected chi connectivity index (χ2v) is 7.34. The number of fused-ring (bicyclic) bond motifs is 1. The van der Waals surface area contributed by atoms with E-state index in [1.54, 1.807) is 32.0 Å². The average Bonchev–Trinajstić information content (AvgIpc) is 3.19. The quantitative estimate of drug-likeness (QED) is 0.452. The normalized spacial score (nSPS) is 10.8. The van der Waals surface area contributed by atoms with E-state index in [1.807, 2.05) is 30.3 Å². The first-order valence-corrected chi connectivity index (χ1v) is 10.1. The van der Waals surface area contributed by atoms with Crippen molar-refractivity contribution in [2.24, 2.45) is 0 Å². The number of amides is 2. The molecule has 0 spiro atoms.